The predicted octanol–water partition coefficient (Wildman–Crippen LogP) is 0.822. The lowest BCUT2D eigenvalue weighted by molar-refractivity contribution is 0.0314. The number of likely N-dealkylation sites (N-methyl/N-ethyl adjacent to an activating group) is 1. The maximum Gasteiger partial charge on any atom is 0.248 e. The van der Waals surface area contributed by atoms with Crippen molar-refractivity contribution in [2.24, 2.45) is 0 Å². The lowest BCUT2D eigenvalue weighted by Gasteiger charge is -2.32. The number of sulfonamides is 1. The molecule has 0 saturated carbocycles. The van der Waals surface area contributed by atoms with E-state index in [1.54, 1.807) is 13.1 Å². The zero-order valence-corrected chi connectivity index (χ0v) is 14.8. The van der Waals surface area contributed by atoms with Gasteiger partial charge in [-0.05, 0) is 19.9 Å². The zero-order valence-electron chi connectivity index (χ0n) is 13.9. The van der Waals surface area contributed by atoms with Gasteiger partial charge in [0.25, 0.3) is 0 Å². The van der Waals surface area contributed by atoms with Gasteiger partial charge in [0.2, 0.25) is 10.0 Å². The maximum absolute atomic E-state index is 12.9. The van der Waals surface area contributed by atoms with Gasteiger partial charge in [0, 0.05) is 38.9 Å². The lowest BCUT2D eigenvalue weighted by atomic mass is 10.3. The number of morpholine rings is 1. The van der Waals surface area contributed by atoms with Crippen LogP contribution < -0.4 is 4.74 Å². The fourth-order valence-electron chi connectivity index (χ4n) is 2.50. The third kappa shape index (κ3) is 4.41. The van der Waals surface area contributed by atoms with Crippen molar-refractivity contribution < 1.29 is 17.9 Å². The molecule has 1 unspecified atom stereocenters. The van der Waals surface area contributed by atoms with Crippen LogP contribution in [0.1, 0.15) is 13.8 Å². The molecule has 23 heavy (non-hydrogen) atoms. The maximum atomic E-state index is 12.9. The summed E-state index contributed by atoms with van der Waals surface area (Å²) in [5, 5.41) is 0. The van der Waals surface area contributed by atoms with E-state index in [9.17, 15) is 8.42 Å². The third-order valence-electron chi connectivity index (χ3n) is 3.95. The highest BCUT2D eigenvalue weighted by Gasteiger charge is 2.30. The summed E-state index contributed by atoms with van der Waals surface area (Å²) in [6, 6.07) is 1.42. The van der Waals surface area contributed by atoms with Crippen molar-refractivity contribution in [3.05, 3.63) is 18.5 Å². The van der Waals surface area contributed by atoms with E-state index in [0.29, 0.717) is 32.1 Å². The number of rotatable bonds is 7. The Bertz CT molecular complexity index is 602. The van der Waals surface area contributed by atoms with Crippen molar-refractivity contribution in [3.63, 3.8) is 0 Å². The summed E-state index contributed by atoms with van der Waals surface area (Å²) in [4.78, 5) is 6.26. The second-order valence-electron chi connectivity index (χ2n) is 5.54. The first-order valence-electron chi connectivity index (χ1n) is 7.81. The van der Waals surface area contributed by atoms with Gasteiger partial charge in [-0.1, -0.05) is 0 Å². The van der Waals surface area contributed by atoms with Crippen LogP contribution in [-0.2, 0) is 14.8 Å². The molecule has 1 atom stereocenters. The summed E-state index contributed by atoms with van der Waals surface area (Å²) in [7, 11) is -2.05. The molecule has 0 bridgehead atoms. The Morgan fingerprint density at radius 3 is 2.78 bits per heavy atom. The van der Waals surface area contributed by atoms with Gasteiger partial charge in [-0.25, -0.2) is 8.42 Å². The molecule has 130 valence electrons. The van der Waals surface area contributed by atoms with Gasteiger partial charge < -0.3 is 9.47 Å². The van der Waals surface area contributed by atoms with Gasteiger partial charge in [-0.2, -0.15) is 4.31 Å². The average Bonchev–Trinajstić information content (AvgIpc) is 2.55. The van der Waals surface area contributed by atoms with E-state index in [-0.39, 0.29) is 10.9 Å². The Balaban J connectivity index is 2.14. The highest BCUT2D eigenvalue weighted by molar-refractivity contribution is 7.89. The Hall–Kier alpha value is -1.22. The normalized spacial score (nSPS) is 18.1. The third-order valence-corrected chi connectivity index (χ3v) is 5.93. The van der Waals surface area contributed by atoms with Gasteiger partial charge in [0.05, 0.1) is 26.0 Å². The van der Waals surface area contributed by atoms with Crippen molar-refractivity contribution in [2.45, 2.75) is 24.8 Å². The Labute approximate surface area is 138 Å². The van der Waals surface area contributed by atoms with Crippen LogP contribution in [0.4, 0.5) is 0 Å². The van der Waals surface area contributed by atoms with Crippen LogP contribution in [0.25, 0.3) is 0 Å². The van der Waals surface area contributed by atoms with Crippen molar-refractivity contribution in [1.29, 1.82) is 0 Å². The van der Waals surface area contributed by atoms with E-state index in [1.165, 1.54) is 16.7 Å². The molecule has 0 spiro atoms. The number of pyridine rings is 1. The second kappa shape index (κ2) is 8.05. The van der Waals surface area contributed by atoms with E-state index in [4.69, 9.17) is 9.47 Å². The van der Waals surface area contributed by atoms with Gasteiger partial charge in [-0.3, -0.25) is 9.88 Å². The quantitative estimate of drug-likeness (QED) is 0.730. The summed E-state index contributed by atoms with van der Waals surface area (Å²) in [6.07, 6.45) is 2.87. The molecule has 0 N–H and O–H groups in total. The van der Waals surface area contributed by atoms with Gasteiger partial charge in [0.15, 0.2) is 0 Å². The topological polar surface area (TPSA) is 72.0 Å². The Morgan fingerprint density at radius 1 is 1.43 bits per heavy atom. The molecule has 0 aromatic carbocycles. The average molecular weight is 343 g/mol. The van der Waals surface area contributed by atoms with Gasteiger partial charge >= 0.3 is 0 Å². The fourth-order valence-corrected chi connectivity index (χ4v) is 3.93. The highest BCUT2D eigenvalue weighted by Crippen LogP contribution is 2.26. The molecule has 0 radical (unpaired) electrons. The second-order valence-corrected chi connectivity index (χ2v) is 7.50. The minimum Gasteiger partial charge on any atom is -0.492 e. The molecule has 7 nitrogen and oxygen atoms in total. The Kier molecular flexibility index (Phi) is 6.34. The molecule has 2 heterocycles. The minimum atomic E-state index is -3.65. The summed E-state index contributed by atoms with van der Waals surface area (Å²) >= 11 is 0. The summed E-state index contributed by atoms with van der Waals surface area (Å²) in [5.41, 5.74) is 0. The fraction of sp³-hybridized carbons (Fsp3) is 0.667. The van der Waals surface area contributed by atoms with E-state index in [1.807, 2.05) is 13.8 Å². The van der Waals surface area contributed by atoms with Gasteiger partial charge in [0.1, 0.15) is 10.6 Å². The minimum absolute atomic E-state index is 0.109. The number of aromatic nitrogens is 1. The summed E-state index contributed by atoms with van der Waals surface area (Å²) in [6.45, 7) is 7.85. The predicted molar refractivity (Wildman–Crippen MR) is 87.1 cm³/mol. The molecule has 0 amide bonds. The highest BCUT2D eigenvalue weighted by atomic mass is 32.2. The van der Waals surface area contributed by atoms with Crippen LogP contribution in [0, 0.1) is 0 Å². The van der Waals surface area contributed by atoms with Crippen LogP contribution in [0.3, 0.4) is 0 Å². The lowest BCUT2D eigenvalue weighted by Crippen LogP contribution is -2.46. The standard InChI is InChI=1S/C15H25N3O4S/c1-4-22-14-5-6-16-11-15(14)23(19,20)17(3)13(2)12-18-7-9-21-10-8-18/h5-6,11,13H,4,7-10,12H2,1-3H3. The molecule has 1 aliphatic rings. The van der Waals surface area contributed by atoms with Crippen molar-refractivity contribution in [1.82, 2.24) is 14.2 Å². The first-order chi connectivity index (χ1) is 11.0. The molecule has 1 aromatic heterocycles. The van der Waals surface area contributed by atoms with Crippen LogP contribution in [-0.4, -0.2) is 75.2 Å². The molecule has 1 aliphatic heterocycles. The van der Waals surface area contributed by atoms with Crippen molar-refractivity contribution in [3.8, 4) is 5.75 Å². The van der Waals surface area contributed by atoms with Crippen LogP contribution >= 0.6 is 0 Å². The number of ether oxygens (including phenoxy) is 2. The monoisotopic (exact) mass is 343 g/mol. The van der Waals surface area contributed by atoms with E-state index in [0.717, 1.165) is 13.1 Å². The molecule has 1 saturated heterocycles. The molecule has 8 heteroatoms. The van der Waals surface area contributed by atoms with Crippen LogP contribution in [0.5, 0.6) is 5.75 Å². The van der Waals surface area contributed by atoms with E-state index in [2.05, 4.69) is 9.88 Å². The molecular formula is C15H25N3O4S. The van der Waals surface area contributed by atoms with Gasteiger partial charge in [-0.15, -0.1) is 0 Å². The number of nitrogens with zero attached hydrogens (tertiary/aromatic N) is 3. The smallest absolute Gasteiger partial charge is 0.248 e. The van der Waals surface area contributed by atoms with E-state index < -0.39 is 10.0 Å². The summed E-state index contributed by atoms with van der Waals surface area (Å²) < 4.78 is 37.9. The van der Waals surface area contributed by atoms with E-state index >= 15 is 0 Å². The first kappa shape index (κ1) is 18.1. The zero-order chi connectivity index (χ0) is 16.9. The SMILES string of the molecule is CCOc1ccncc1S(=O)(=O)N(C)C(C)CN1CCOCC1. The first-order valence-corrected chi connectivity index (χ1v) is 9.25. The summed E-state index contributed by atoms with van der Waals surface area (Å²) in [5.74, 6) is 0.341. The number of hydrogen-bond donors (Lipinski definition) is 0. The molecule has 1 fully saturated rings. The van der Waals surface area contributed by atoms with Crippen LogP contribution in [0.15, 0.2) is 23.4 Å². The number of hydrogen-bond acceptors (Lipinski definition) is 6. The molecule has 0 aliphatic carbocycles. The molecule has 2 rings (SSSR count). The molecular weight excluding hydrogens is 318 g/mol. The Morgan fingerprint density at radius 2 is 2.13 bits per heavy atom. The molecule has 1 aromatic rings. The van der Waals surface area contributed by atoms with Crippen LogP contribution in [0.2, 0.25) is 0 Å². The largest absolute Gasteiger partial charge is 0.492 e. The van der Waals surface area contributed by atoms with Crippen molar-refractivity contribution >= 4 is 10.0 Å². The van der Waals surface area contributed by atoms with Crippen molar-refractivity contribution in [2.75, 3.05) is 46.5 Å².